The summed E-state index contributed by atoms with van der Waals surface area (Å²) in [5, 5.41) is 8.01. The van der Waals surface area contributed by atoms with Crippen LogP contribution in [0.2, 0.25) is 5.02 Å². The molecule has 2 atom stereocenters. The van der Waals surface area contributed by atoms with Gasteiger partial charge in [-0.2, -0.15) is 10.1 Å². The molecular weight excluding hydrogens is 315 g/mol. The third-order valence-electron chi connectivity index (χ3n) is 4.17. The van der Waals surface area contributed by atoms with E-state index in [1.165, 1.54) is 12.4 Å². The van der Waals surface area contributed by atoms with E-state index < -0.39 is 0 Å². The molecule has 6 heteroatoms. The molecule has 0 saturated carbocycles. The van der Waals surface area contributed by atoms with E-state index in [2.05, 4.69) is 15.4 Å². The molecule has 1 aliphatic rings. The van der Waals surface area contributed by atoms with Crippen LogP contribution in [0.5, 0.6) is 0 Å². The van der Waals surface area contributed by atoms with Crippen molar-refractivity contribution in [2.24, 2.45) is 0 Å². The summed E-state index contributed by atoms with van der Waals surface area (Å²) in [5.41, 5.74) is 1.59. The highest BCUT2D eigenvalue weighted by Gasteiger charge is 2.32. The molecule has 2 heterocycles. The van der Waals surface area contributed by atoms with Gasteiger partial charge in [0.15, 0.2) is 0 Å². The normalized spacial score (nSPS) is 19.9. The summed E-state index contributed by atoms with van der Waals surface area (Å²) in [6, 6.07) is 14.5. The van der Waals surface area contributed by atoms with Crippen LogP contribution in [0.15, 0.2) is 54.9 Å². The van der Waals surface area contributed by atoms with Crippen LogP contribution in [0.25, 0.3) is 0 Å². The number of benzene rings is 2. The Bertz CT molecular complexity index is 813. The number of nitrogens with zero attached hydrogens (tertiary/aromatic N) is 3. The molecule has 0 aliphatic carbocycles. The van der Waals surface area contributed by atoms with Gasteiger partial charge in [0.25, 0.3) is 0 Å². The molecule has 0 spiro atoms. The smallest absolute Gasteiger partial charge is 0.222 e. The molecule has 1 aromatic heterocycles. The molecule has 0 radical (unpaired) electrons. The number of aromatic nitrogens is 3. The van der Waals surface area contributed by atoms with E-state index in [0.29, 0.717) is 23.0 Å². The lowest BCUT2D eigenvalue weighted by Gasteiger charge is -2.32. The SMILES string of the molecule is Fc1cccc(Cl)c1[C@@H]1C[C@@H](c2ccccc2)Nc2ncnn21. The Labute approximate surface area is 137 Å². The van der Waals surface area contributed by atoms with Crippen molar-refractivity contribution < 1.29 is 4.39 Å². The minimum atomic E-state index is -0.322. The summed E-state index contributed by atoms with van der Waals surface area (Å²) >= 11 is 6.27. The van der Waals surface area contributed by atoms with E-state index in [-0.39, 0.29) is 17.9 Å². The number of anilines is 1. The fourth-order valence-electron chi connectivity index (χ4n) is 3.09. The minimum absolute atomic E-state index is 0.0218. The Kier molecular flexibility index (Phi) is 3.50. The quantitative estimate of drug-likeness (QED) is 0.766. The van der Waals surface area contributed by atoms with Crippen LogP contribution in [-0.4, -0.2) is 14.8 Å². The summed E-state index contributed by atoms with van der Waals surface area (Å²) in [6.45, 7) is 0. The second-order valence-corrected chi connectivity index (χ2v) is 5.93. The number of fused-ring (bicyclic) bond motifs is 1. The maximum atomic E-state index is 14.4. The summed E-state index contributed by atoms with van der Waals surface area (Å²) in [5.74, 6) is 0.298. The monoisotopic (exact) mass is 328 g/mol. The Morgan fingerprint density at radius 3 is 2.74 bits per heavy atom. The first-order chi connectivity index (χ1) is 11.2. The highest BCUT2D eigenvalue weighted by Crippen LogP contribution is 2.40. The van der Waals surface area contributed by atoms with E-state index >= 15 is 0 Å². The molecular formula is C17H14ClFN4. The van der Waals surface area contributed by atoms with E-state index in [1.807, 2.05) is 30.3 Å². The maximum absolute atomic E-state index is 14.4. The second-order valence-electron chi connectivity index (χ2n) is 5.52. The van der Waals surface area contributed by atoms with Gasteiger partial charge in [-0.05, 0) is 24.1 Å². The molecule has 3 aromatic rings. The summed E-state index contributed by atoms with van der Waals surface area (Å²) in [7, 11) is 0. The predicted molar refractivity (Wildman–Crippen MR) is 87.0 cm³/mol. The molecule has 116 valence electrons. The Hall–Kier alpha value is -2.40. The van der Waals surface area contributed by atoms with Crippen molar-refractivity contribution in [2.45, 2.75) is 18.5 Å². The van der Waals surface area contributed by atoms with E-state index in [9.17, 15) is 4.39 Å². The Morgan fingerprint density at radius 2 is 1.96 bits per heavy atom. The van der Waals surface area contributed by atoms with Crippen molar-refractivity contribution in [3.63, 3.8) is 0 Å². The van der Waals surface area contributed by atoms with Crippen LogP contribution in [-0.2, 0) is 0 Å². The van der Waals surface area contributed by atoms with Gasteiger partial charge in [-0.1, -0.05) is 48.0 Å². The lowest BCUT2D eigenvalue weighted by Crippen LogP contribution is -2.28. The van der Waals surface area contributed by atoms with Gasteiger partial charge in [-0.25, -0.2) is 9.07 Å². The number of hydrogen-bond acceptors (Lipinski definition) is 3. The minimum Gasteiger partial charge on any atom is -0.348 e. The van der Waals surface area contributed by atoms with Gasteiger partial charge < -0.3 is 5.32 Å². The number of hydrogen-bond donors (Lipinski definition) is 1. The molecule has 4 nitrogen and oxygen atoms in total. The topological polar surface area (TPSA) is 42.7 Å². The van der Waals surface area contributed by atoms with E-state index in [4.69, 9.17) is 11.6 Å². The van der Waals surface area contributed by atoms with E-state index in [0.717, 1.165) is 5.56 Å². The average molecular weight is 329 g/mol. The lowest BCUT2D eigenvalue weighted by atomic mass is 9.93. The fourth-order valence-corrected chi connectivity index (χ4v) is 3.38. The van der Waals surface area contributed by atoms with Crippen LogP contribution in [0.4, 0.5) is 10.3 Å². The van der Waals surface area contributed by atoms with E-state index in [1.54, 1.807) is 16.8 Å². The largest absolute Gasteiger partial charge is 0.348 e. The third kappa shape index (κ3) is 2.47. The third-order valence-corrected chi connectivity index (χ3v) is 4.50. The number of nitrogens with one attached hydrogen (secondary N) is 1. The zero-order chi connectivity index (χ0) is 15.8. The van der Waals surface area contributed by atoms with Gasteiger partial charge >= 0.3 is 0 Å². The molecule has 1 N–H and O–H groups in total. The van der Waals surface area contributed by atoms with Crippen molar-refractivity contribution in [3.8, 4) is 0 Å². The summed E-state index contributed by atoms with van der Waals surface area (Å²) in [4.78, 5) is 4.24. The zero-order valence-electron chi connectivity index (χ0n) is 12.2. The van der Waals surface area contributed by atoms with Crippen molar-refractivity contribution in [1.29, 1.82) is 0 Å². The maximum Gasteiger partial charge on any atom is 0.222 e. The number of rotatable bonds is 2. The fraction of sp³-hybridized carbons (Fsp3) is 0.176. The molecule has 23 heavy (non-hydrogen) atoms. The van der Waals surface area contributed by atoms with Gasteiger partial charge in [0.1, 0.15) is 12.1 Å². The molecule has 0 fully saturated rings. The summed E-state index contributed by atoms with van der Waals surface area (Å²) in [6.07, 6.45) is 2.11. The van der Waals surface area contributed by atoms with Gasteiger partial charge in [-0.15, -0.1) is 0 Å². The molecule has 1 aliphatic heterocycles. The summed E-state index contributed by atoms with van der Waals surface area (Å²) < 4.78 is 16.1. The molecule has 2 aromatic carbocycles. The highest BCUT2D eigenvalue weighted by molar-refractivity contribution is 6.31. The standard InChI is InChI=1S/C17H14ClFN4/c18-12-7-4-8-13(19)16(12)15-9-14(11-5-2-1-3-6-11)22-17-20-10-21-23(15)17/h1-8,10,14-15H,9H2,(H,20,21,22)/t14-,15-/m0/s1. The predicted octanol–water partition coefficient (Wildman–Crippen LogP) is 4.22. The molecule has 0 saturated heterocycles. The van der Waals surface area contributed by atoms with Crippen LogP contribution < -0.4 is 5.32 Å². The number of halogens is 2. The second kappa shape index (κ2) is 5.66. The molecule has 0 bridgehead atoms. The first kappa shape index (κ1) is 14.2. The first-order valence-corrected chi connectivity index (χ1v) is 7.76. The Morgan fingerprint density at radius 1 is 1.13 bits per heavy atom. The van der Waals surface area contributed by atoms with Crippen LogP contribution >= 0.6 is 11.6 Å². The first-order valence-electron chi connectivity index (χ1n) is 7.39. The van der Waals surface area contributed by atoms with Crippen molar-refractivity contribution in [1.82, 2.24) is 14.8 Å². The Balaban J connectivity index is 1.80. The zero-order valence-corrected chi connectivity index (χ0v) is 12.9. The van der Waals surface area contributed by atoms with Gasteiger partial charge in [0, 0.05) is 10.6 Å². The van der Waals surface area contributed by atoms with Gasteiger partial charge in [0.05, 0.1) is 12.1 Å². The van der Waals surface area contributed by atoms with Crippen LogP contribution in [0.1, 0.15) is 29.6 Å². The average Bonchev–Trinajstić information content (AvgIpc) is 3.04. The van der Waals surface area contributed by atoms with Crippen molar-refractivity contribution in [2.75, 3.05) is 5.32 Å². The van der Waals surface area contributed by atoms with Crippen LogP contribution in [0.3, 0.4) is 0 Å². The van der Waals surface area contributed by atoms with Gasteiger partial charge in [0.2, 0.25) is 5.95 Å². The molecule has 4 rings (SSSR count). The lowest BCUT2D eigenvalue weighted by molar-refractivity contribution is 0.416. The van der Waals surface area contributed by atoms with Crippen LogP contribution in [0, 0.1) is 5.82 Å². The highest BCUT2D eigenvalue weighted by atomic mass is 35.5. The van der Waals surface area contributed by atoms with Crippen molar-refractivity contribution >= 4 is 17.5 Å². The van der Waals surface area contributed by atoms with Crippen molar-refractivity contribution in [3.05, 3.63) is 76.8 Å². The molecule has 0 amide bonds. The van der Waals surface area contributed by atoms with Gasteiger partial charge in [-0.3, -0.25) is 0 Å². The molecule has 0 unspecified atom stereocenters.